The maximum absolute atomic E-state index is 5.55. The van der Waals surface area contributed by atoms with Crippen LogP contribution in [0.1, 0.15) is 12.0 Å². The number of aryl methyl sites for hydroxylation is 1. The highest BCUT2D eigenvalue weighted by Crippen LogP contribution is 2.15. The molecule has 1 aromatic heterocycles. The van der Waals surface area contributed by atoms with Crippen molar-refractivity contribution in [3.05, 3.63) is 17.8 Å². The lowest BCUT2D eigenvalue weighted by Gasteiger charge is -1.98. The van der Waals surface area contributed by atoms with Crippen LogP contribution in [0.25, 0.3) is 0 Å². The summed E-state index contributed by atoms with van der Waals surface area (Å²) in [5.74, 6) is 1.73. The third-order valence-corrected chi connectivity index (χ3v) is 2.55. The molecule has 0 aliphatic carbocycles. The van der Waals surface area contributed by atoms with Gasteiger partial charge in [-0.3, -0.25) is 0 Å². The number of rotatable bonds is 4. The molecule has 0 bridgehead atoms. The van der Waals surface area contributed by atoms with Crippen LogP contribution in [0.15, 0.2) is 17.3 Å². The Balaban J connectivity index is 2.41. The Bertz CT molecular complexity index is 242. The quantitative estimate of drug-likeness (QED) is 0.426. The number of hydrogen-bond donors (Lipinski definition) is 0. The Labute approximate surface area is 81.7 Å². The van der Waals surface area contributed by atoms with Gasteiger partial charge in [-0.15, -0.1) is 28.5 Å². The van der Waals surface area contributed by atoms with Crippen molar-refractivity contribution in [2.24, 2.45) is 0 Å². The van der Waals surface area contributed by atoms with Crippen molar-refractivity contribution in [1.82, 2.24) is 10.2 Å². The van der Waals surface area contributed by atoms with E-state index in [2.05, 4.69) is 10.2 Å². The highest BCUT2D eigenvalue weighted by molar-refractivity contribution is 7.99. The summed E-state index contributed by atoms with van der Waals surface area (Å²) < 4.78 is 0. The van der Waals surface area contributed by atoms with Gasteiger partial charge >= 0.3 is 0 Å². The summed E-state index contributed by atoms with van der Waals surface area (Å²) >= 11 is 7.25. The molecule has 0 unspecified atom stereocenters. The van der Waals surface area contributed by atoms with E-state index in [1.165, 1.54) is 0 Å². The average molecular weight is 203 g/mol. The minimum Gasteiger partial charge on any atom is -0.158 e. The van der Waals surface area contributed by atoms with E-state index in [0.717, 1.165) is 22.8 Å². The fourth-order valence-corrected chi connectivity index (χ4v) is 1.90. The smallest absolute Gasteiger partial charge is 0.119 e. The first kappa shape index (κ1) is 9.81. The first-order valence-electron chi connectivity index (χ1n) is 3.81. The topological polar surface area (TPSA) is 25.8 Å². The highest BCUT2D eigenvalue weighted by atomic mass is 35.5. The molecule has 0 amide bonds. The average Bonchev–Trinajstić information content (AvgIpc) is 2.05. The summed E-state index contributed by atoms with van der Waals surface area (Å²) in [5, 5.41) is 8.83. The van der Waals surface area contributed by atoms with E-state index >= 15 is 0 Å². The molecule has 1 heterocycles. The molecule has 12 heavy (non-hydrogen) atoms. The molecule has 0 radical (unpaired) electrons. The third kappa shape index (κ3) is 3.41. The van der Waals surface area contributed by atoms with E-state index in [9.17, 15) is 0 Å². The van der Waals surface area contributed by atoms with Crippen LogP contribution in [-0.2, 0) is 0 Å². The lowest BCUT2D eigenvalue weighted by atomic mass is 10.4. The molecule has 0 fully saturated rings. The number of alkyl halides is 1. The molecule has 1 aromatic rings. The summed E-state index contributed by atoms with van der Waals surface area (Å²) in [5.41, 5.74) is 1.15. The molecule has 0 atom stereocenters. The molecule has 1 rings (SSSR count). The van der Waals surface area contributed by atoms with Crippen molar-refractivity contribution in [3.8, 4) is 0 Å². The van der Waals surface area contributed by atoms with E-state index in [-0.39, 0.29) is 0 Å². The predicted octanol–water partition coefficient (Wildman–Crippen LogP) is 2.51. The summed E-state index contributed by atoms with van der Waals surface area (Å²) in [6.07, 6.45) is 2.77. The van der Waals surface area contributed by atoms with Crippen molar-refractivity contribution < 1.29 is 0 Å². The zero-order valence-corrected chi connectivity index (χ0v) is 8.53. The Hall–Kier alpha value is -0.280. The Morgan fingerprint density at radius 1 is 1.58 bits per heavy atom. The number of thioether (sulfide) groups is 1. The van der Waals surface area contributed by atoms with Gasteiger partial charge in [0, 0.05) is 11.6 Å². The van der Waals surface area contributed by atoms with Gasteiger partial charge in [0.2, 0.25) is 0 Å². The monoisotopic (exact) mass is 202 g/mol. The molecular weight excluding hydrogens is 192 g/mol. The van der Waals surface area contributed by atoms with Crippen molar-refractivity contribution in [1.29, 1.82) is 0 Å². The molecule has 0 aliphatic rings. The normalized spacial score (nSPS) is 10.2. The van der Waals surface area contributed by atoms with E-state index in [0.29, 0.717) is 5.88 Å². The van der Waals surface area contributed by atoms with Crippen LogP contribution in [0.3, 0.4) is 0 Å². The molecule has 0 saturated carbocycles. The van der Waals surface area contributed by atoms with Crippen LogP contribution < -0.4 is 0 Å². The van der Waals surface area contributed by atoms with Gasteiger partial charge in [0.25, 0.3) is 0 Å². The van der Waals surface area contributed by atoms with Gasteiger partial charge in [0.15, 0.2) is 0 Å². The summed E-state index contributed by atoms with van der Waals surface area (Å²) in [4.78, 5) is 0. The molecule has 0 aliphatic heterocycles. The van der Waals surface area contributed by atoms with Crippen LogP contribution in [0.4, 0.5) is 0 Å². The second kappa shape index (κ2) is 5.38. The van der Waals surface area contributed by atoms with E-state index in [1.807, 2.05) is 13.0 Å². The molecular formula is C8H11ClN2S. The molecule has 2 nitrogen and oxygen atoms in total. The van der Waals surface area contributed by atoms with Gasteiger partial charge < -0.3 is 0 Å². The molecule has 0 aromatic carbocycles. The standard InChI is InChI=1S/C8H11ClN2S/c1-7-5-8(11-10-6-7)12-4-2-3-9/h5-6H,2-4H2,1H3. The fourth-order valence-electron chi connectivity index (χ4n) is 0.740. The van der Waals surface area contributed by atoms with Gasteiger partial charge in [0.05, 0.1) is 6.20 Å². The number of nitrogens with zero attached hydrogens (tertiary/aromatic N) is 2. The van der Waals surface area contributed by atoms with Gasteiger partial charge in [-0.2, -0.15) is 5.10 Å². The van der Waals surface area contributed by atoms with Gasteiger partial charge in [-0.25, -0.2) is 0 Å². The second-order valence-electron chi connectivity index (χ2n) is 2.46. The third-order valence-electron chi connectivity index (χ3n) is 1.30. The molecule has 0 N–H and O–H groups in total. The van der Waals surface area contributed by atoms with Gasteiger partial charge in [-0.05, 0) is 25.0 Å². The van der Waals surface area contributed by atoms with Crippen molar-refractivity contribution in [2.75, 3.05) is 11.6 Å². The second-order valence-corrected chi connectivity index (χ2v) is 3.96. The first-order valence-corrected chi connectivity index (χ1v) is 5.33. The predicted molar refractivity (Wildman–Crippen MR) is 52.8 cm³/mol. The van der Waals surface area contributed by atoms with Crippen LogP contribution in [-0.4, -0.2) is 21.8 Å². The van der Waals surface area contributed by atoms with Crippen LogP contribution in [0, 0.1) is 6.92 Å². The molecule has 0 saturated heterocycles. The molecule has 4 heteroatoms. The Morgan fingerprint density at radius 3 is 3.08 bits per heavy atom. The maximum Gasteiger partial charge on any atom is 0.119 e. The van der Waals surface area contributed by atoms with Crippen molar-refractivity contribution >= 4 is 23.4 Å². The lowest BCUT2D eigenvalue weighted by Crippen LogP contribution is -1.88. The minimum atomic E-state index is 0.715. The summed E-state index contributed by atoms with van der Waals surface area (Å²) in [6, 6.07) is 2.03. The number of hydrogen-bond acceptors (Lipinski definition) is 3. The Kier molecular flexibility index (Phi) is 4.40. The van der Waals surface area contributed by atoms with Crippen molar-refractivity contribution in [2.45, 2.75) is 18.4 Å². The number of halogens is 1. The first-order chi connectivity index (χ1) is 5.83. The van der Waals surface area contributed by atoms with Gasteiger partial charge in [0.1, 0.15) is 5.03 Å². The van der Waals surface area contributed by atoms with Crippen LogP contribution in [0.2, 0.25) is 0 Å². The van der Waals surface area contributed by atoms with Gasteiger partial charge in [-0.1, -0.05) is 0 Å². The zero-order chi connectivity index (χ0) is 8.81. The van der Waals surface area contributed by atoms with E-state index in [1.54, 1.807) is 18.0 Å². The van der Waals surface area contributed by atoms with Crippen LogP contribution >= 0.6 is 23.4 Å². The number of aromatic nitrogens is 2. The largest absolute Gasteiger partial charge is 0.158 e. The lowest BCUT2D eigenvalue weighted by molar-refractivity contribution is 0.914. The fraction of sp³-hybridized carbons (Fsp3) is 0.500. The summed E-state index contributed by atoms with van der Waals surface area (Å²) in [6.45, 7) is 2.01. The molecule has 66 valence electrons. The SMILES string of the molecule is Cc1cnnc(SCCCCl)c1. The van der Waals surface area contributed by atoms with E-state index in [4.69, 9.17) is 11.6 Å². The highest BCUT2D eigenvalue weighted by Gasteiger charge is 1.95. The summed E-state index contributed by atoms with van der Waals surface area (Å²) in [7, 11) is 0. The minimum absolute atomic E-state index is 0.715. The zero-order valence-electron chi connectivity index (χ0n) is 6.96. The Morgan fingerprint density at radius 2 is 2.42 bits per heavy atom. The van der Waals surface area contributed by atoms with Crippen LogP contribution in [0.5, 0.6) is 0 Å². The molecule has 0 spiro atoms. The van der Waals surface area contributed by atoms with Crippen molar-refractivity contribution in [3.63, 3.8) is 0 Å². The maximum atomic E-state index is 5.55. The van der Waals surface area contributed by atoms with E-state index < -0.39 is 0 Å².